The molecule has 0 saturated heterocycles. The molecule has 0 fully saturated rings. The van der Waals surface area contributed by atoms with Gasteiger partial charge in [0.05, 0.1) is 18.3 Å². The molecule has 1 amide bonds. The predicted octanol–water partition coefficient (Wildman–Crippen LogP) is 1.14. The Bertz CT molecular complexity index is 320. The molecule has 1 aromatic heterocycles. The van der Waals surface area contributed by atoms with Crippen LogP contribution in [0.15, 0.2) is 11.6 Å². The molecule has 0 radical (unpaired) electrons. The van der Waals surface area contributed by atoms with E-state index in [9.17, 15) is 4.79 Å². The third-order valence-electron chi connectivity index (χ3n) is 1.37. The predicted molar refractivity (Wildman–Crippen MR) is 51.0 cm³/mol. The van der Waals surface area contributed by atoms with Gasteiger partial charge < -0.3 is 0 Å². The van der Waals surface area contributed by atoms with Crippen molar-refractivity contribution in [2.24, 2.45) is 0 Å². The molecule has 5 heteroatoms. The maximum absolute atomic E-state index is 10.9. The summed E-state index contributed by atoms with van der Waals surface area (Å²) in [6, 6.07) is 0. The molecular weight excluding hydrogens is 188 g/mol. The highest BCUT2D eigenvalue weighted by atomic mass is 32.1. The molecule has 0 unspecified atom stereocenters. The number of nitrogens with one attached hydrogen (secondary N) is 1. The maximum Gasteiger partial charge on any atom is 0.267 e. The standard InChI is InChI=1S/C8H10N2O2S/c1-6-7(13-5-9-6)3-4-8(11)10-12-2/h3-5H,1-2H3,(H,10,11)/b4-3+. The molecule has 1 heterocycles. The second kappa shape index (κ2) is 4.74. The van der Waals surface area contributed by atoms with Crippen LogP contribution < -0.4 is 5.48 Å². The monoisotopic (exact) mass is 198 g/mol. The van der Waals surface area contributed by atoms with Gasteiger partial charge in [-0.05, 0) is 13.0 Å². The normalized spacial score (nSPS) is 10.6. The average molecular weight is 198 g/mol. The number of aromatic nitrogens is 1. The van der Waals surface area contributed by atoms with E-state index in [1.807, 2.05) is 6.92 Å². The summed E-state index contributed by atoms with van der Waals surface area (Å²) in [5.74, 6) is -0.282. The van der Waals surface area contributed by atoms with Gasteiger partial charge >= 0.3 is 0 Å². The van der Waals surface area contributed by atoms with Gasteiger partial charge in [-0.2, -0.15) is 0 Å². The fourth-order valence-corrected chi connectivity index (χ4v) is 1.45. The van der Waals surface area contributed by atoms with Crippen molar-refractivity contribution < 1.29 is 9.63 Å². The Kier molecular flexibility index (Phi) is 3.60. The van der Waals surface area contributed by atoms with Gasteiger partial charge in [0.1, 0.15) is 0 Å². The van der Waals surface area contributed by atoms with Gasteiger partial charge in [-0.15, -0.1) is 11.3 Å². The first kappa shape index (κ1) is 9.88. The molecule has 1 aromatic rings. The van der Waals surface area contributed by atoms with Crippen molar-refractivity contribution >= 4 is 23.3 Å². The van der Waals surface area contributed by atoms with Crippen LogP contribution in [-0.4, -0.2) is 18.0 Å². The second-order valence-electron chi connectivity index (χ2n) is 2.31. The molecule has 0 aliphatic rings. The lowest BCUT2D eigenvalue weighted by molar-refractivity contribution is -0.126. The van der Waals surface area contributed by atoms with Gasteiger partial charge in [-0.3, -0.25) is 9.63 Å². The van der Waals surface area contributed by atoms with E-state index in [1.54, 1.807) is 11.6 Å². The lowest BCUT2D eigenvalue weighted by Gasteiger charge is -1.94. The van der Waals surface area contributed by atoms with Gasteiger partial charge in [-0.25, -0.2) is 10.5 Å². The first-order valence-electron chi connectivity index (χ1n) is 3.65. The average Bonchev–Trinajstić information content (AvgIpc) is 2.48. The molecule has 1 N–H and O–H groups in total. The summed E-state index contributed by atoms with van der Waals surface area (Å²) in [5, 5.41) is 0. The fourth-order valence-electron chi connectivity index (χ4n) is 0.757. The molecule has 0 aliphatic carbocycles. The second-order valence-corrected chi connectivity index (χ2v) is 3.19. The zero-order chi connectivity index (χ0) is 9.68. The number of aryl methyl sites for hydroxylation is 1. The summed E-state index contributed by atoms with van der Waals surface area (Å²) in [5.41, 5.74) is 4.85. The molecule has 70 valence electrons. The quantitative estimate of drug-likeness (QED) is 0.585. The number of rotatable bonds is 3. The largest absolute Gasteiger partial charge is 0.277 e. The molecule has 0 spiro atoms. The third-order valence-corrected chi connectivity index (χ3v) is 2.27. The lowest BCUT2D eigenvalue weighted by atomic mass is 10.3. The Hall–Kier alpha value is -1.20. The van der Waals surface area contributed by atoms with Crippen molar-refractivity contribution in [2.45, 2.75) is 6.92 Å². The summed E-state index contributed by atoms with van der Waals surface area (Å²) < 4.78 is 0. The Balaban J connectivity index is 2.58. The molecule has 0 aromatic carbocycles. The number of hydroxylamine groups is 1. The van der Waals surface area contributed by atoms with Crippen LogP contribution in [0.2, 0.25) is 0 Å². The van der Waals surface area contributed by atoms with Crippen molar-refractivity contribution in [1.29, 1.82) is 0 Å². The Morgan fingerprint density at radius 3 is 3.08 bits per heavy atom. The van der Waals surface area contributed by atoms with Crippen LogP contribution in [-0.2, 0) is 9.63 Å². The van der Waals surface area contributed by atoms with Gasteiger partial charge in [0, 0.05) is 11.0 Å². The Labute approximate surface area is 80.2 Å². The number of hydrogen-bond acceptors (Lipinski definition) is 4. The lowest BCUT2D eigenvalue weighted by Crippen LogP contribution is -2.18. The van der Waals surface area contributed by atoms with Crippen LogP contribution in [0, 0.1) is 6.92 Å². The molecule has 13 heavy (non-hydrogen) atoms. The minimum absolute atomic E-state index is 0.282. The van der Waals surface area contributed by atoms with Gasteiger partial charge in [0.25, 0.3) is 5.91 Å². The van der Waals surface area contributed by atoms with Crippen molar-refractivity contribution in [3.63, 3.8) is 0 Å². The highest BCUT2D eigenvalue weighted by molar-refractivity contribution is 7.10. The van der Waals surface area contributed by atoms with Gasteiger partial charge in [0.2, 0.25) is 0 Å². The van der Waals surface area contributed by atoms with Crippen LogP contribution in [0.4, 0.5) is 0 Å². The van der Waals surface area contributed by atoms with E-state index in [0.717, 1.165) is 10.6 Å². The zero-order valence-corrected chi connectivity index (χ0v) is 8.22. The molecule has 0 bridgehead atoms. The summed E-state index contributed by atoms with van der Waals surface area (Å²) >= 11 is 1.49. The molecule has 0 aliphatic heterocycles. The summed E-state index contributed by atoms with van der Waals surface area (Å²) in [6.45, 7) is 1.89. The topological polar surface area (TPSA) is 51.2 Å². The minimum atomic E-state index is -0.282. The van der Waals surface area contributed by atoms with Crippen LogP contribution in [0.25, 0.3) is 6.08 Å². The highest BCUT2D eigenvalue weighted by Crippen LogP contribution is 2.13. The SMILES string of the molecule is CONC(=O)/C=C/c1scnc1C. The first-order chi connectivity index (χ1) is 6.24. The van der Waals surface area contributed by atoms with E-state index in [1.165, 1.54) is 24.5 Å². The summed E-state index contributed by atoms with van der Waals surface area (Å²) in [6.07, 6.45) is 3.12. The number of carbonyl (C=O) groups excluding carboxylic acids is 1. The molecule has 1 rings (SSSR count). The van der Waals surface area contributed by atoms with Crippen molar-refractivity contribution in [3.05, 3.63) is 22.2 Å². The van der Waals surface area contributed by atoms with E-state index in [-0.39, 0.29) is 5.91 Å². The fraction of sp³-hybridized carbons (Fsp3) is 0.250. The van der Waals surface area contributed by atoms with Crippen molar-refractivity contribution in [1.82, 2.24) is 10.5 Å². The van der Waals surface area contributed by atoms with E-state index in [0.29, 0.717) is 0 Å². The third kappa shape index (κ3) is 2.96. The van der Waals surface area contributed by atoms with Crippen LogP contribution >= 0.6 is 11.3 Å². The smallest absolute Gasteiger partial charge is 0.267 e. The van der Waals surface area contributed by atoms with E-state index in [2.05, 4.69) is 15.3 Å². The van der Waals surface area contributed by atoms with Crippen LogP contribution in [0.1, 0.15) is 10.6 Å². The first-order valence-corrected chi connectivity index (χ1v) is 4.53. The number of hydrogen-bond donors (Lipinski definition) is 1. The number of carbonyl (C=O) groups is 1. The van der Waals surface area contributed by atoms with Crippen molar-refractivity contribution in [3.8, 4) is 0 Å². The molecular formula is C8H10N2O2S. The molecule has 4 nitrogen and oxygen atoms in total. The number of amides is 1. The number of nitrogens with zero attached hydrogens (tertiary/aromatic N) is 1. The van der Waals surface area contributed by atoms with Crippen LogP contribution in [0.3, 0.4) is 0 Å². The maximum atomic E-state index is 10.9. The Morgan fingerprint density at radius 2 is 2.54 bits per heavy atom. The van der Waals surface area contributed by atoms with E-state index >= 15 is 0 Å². The van der Waals surface area contributed by atoms with Gasteiger partial charge in [-0.1, -0.05) is 0 Å². The van der Waals surface area contributed by atoms with E-state index in [4.69, 9.17) is 0 Å². The summed E-state index contributed by atoms with van der Waals surface area (Å²) in [7, 11) is 1.39. The number of thiazole rings is 1. The Morgan fingerprint density at radius 1 is 1.77 bits per heavy atom. The zero-order valence-electron chi connectivity index (χ0n) is 7.40. The molecule has 0 atom stereocenters. The van der Waals surface area contributed by atoms with Crippen molar-refractivity contribution in [2.75, 3.05) is 7.11 Å². The van der Waals surface area contributed by atoms with E-state index < -0.39 is 0 Å². The highest BCUT2D eigenvalue weighted by Gasteiger charge is 1.97. The molecule has 0 saturated carbocycles. The minimum Gasteiger partial charge on any atom is -0.277 e. The van der Waals surface area contributed by atoms with Gasteiger partial charge in [0.15, 0.2) is 0 Å². The van der Waals surface area contributed by atoms with Crippen LogP contribution in [0.5, 0.6) is 0 Å². The summed E-state index contributed by atoms with van der Waals surface area (Å²) in [4.78, 5) is 20.4.